The summed E-state index contributed by atoms with van der Waals surface area (Å²) in [6.07, 6.45) is -0.206. The standard InChI is InChI=1S/C11H18O5/c1-10(2)15-8-9(16-10)14-7-6(12)4-3-5-11(7,8)13/h6-9,12-13H,3-5H2,1-2H3/t6-,7+,8-,9+,11+/m0/s1. The lowest BCUT2D eigenvalue weighted by molar-refractivity contribution is -0.249. The lowest BCUT2D eigenvalue weighted by Gasteiger charge is -2.39. The number of hydrogen-bond acceptors (Lipinski definition) is 5. The fourth-order valence-electron chi connectivity index (χ4n) is 3.05. The molecule has 0 aromatic rings. The first-order valence-electron chi connectivity index (χ1n) is 5.84. The van der Waals surface area contributed by atoms with Gasteiger partial charge in [0, 0.05) is 0 Å². The molecule has 2 saturated heterocycles. The molecule has 3 rings (SSSR count). The van der Waals surface area contributed by atoms with Crippen LogP contribution in [0.2, 0.25) is 0 Å². The average molecular weight is 230 g/mol. The third-order valence-corrected chi connectivity index (χ3v) is 3.75. The second-order valence-electron chi connectivity index (χ2n) is 5.43. The van der Waals surface area contributed by atoms with E-state index in [2.05, 4.69) is 0 Å². The zero-order valence-electron chi connectivity index (χ0n) is 9.55. The van der Waals surface area contributed by atoms with Crippen LogP contribution in [0.3, 0.4) is 0 Å². The topological polar surface area (TPSA) is 68.2 Å². The molecule has 5 nitrogen and oxygen atoms in total. The van der Waals surface area contributed by atoms with Gasteiger partial charge in [-0.15, -0.1) is 0 Å². The van der Waals surface area contributed by atoms with Gasteiger partial charge in [-0.2, -0.15) is 0 Å². The monoisotopic (exact) mass is 230 g/mol. The summed E-state index contributed by atoms with van der Waals surface area (Å²) in [6.45, 7) is 3.60. The molecule has 0 bridgehead atoms. The van der Waals surface area contributed by atoms with Crippen molar-refractivity contribution in [2.24, 2.45) is 0 Å². The van der Waals surface area contributed by atoms with Gasteiger partial charge in [0.2, 0.25) is 0 Å². The summed E-state index contributed by atoms with van der Waals surface area (Å²) in [5, 5.41) is 20.4. The van der Waals surface area contributed by atoms with Gasteiger partial charge < -0.3 is 24.4 Å². The number of hydrogen-bond donors (Lipinski definition) is 2. The van der Waals surface area contributed by atoms with Crippen LogP contribution in [0, 0.1) is 0 Å². The van der Waals surface area contributed by atoms with Gasteiger partial charge in [-0.1, -0.05) is 0 Å². The largest absolute Gasteiger partial charge is 0.390 e. The van der Waals surface area contributed by atoms with E-state index in [1.54, 1.807) is 13.8 Å². The van der Waals surface area contributed by atoms with Crippen LogP contribution in [0.1, 0.15) is 33.1 Å². The maximum absolute atomic E-state index is 10.6. The van der Waals surface area contributed by atoms with Gasteiger partial charge in [0.05, 0.1) is 6.10 Å². The molecule has 3 aliphatic rings. The molecule has 0 unspecified atom stereocenters. The van der Waals surface area contributed by atoms with Crippen molar-refractivity contribution in [3.63, 3.8) is 0 Å². The molecular formula is C11H18O5. The van der Waals surface area contributed by atoms with E-state index in [-0.39, 0.29) is 0 Å². The Morgan fingerprint density at radius 2 is 1.94 bits per heavy atom. The molecule has 1 aliphatic carbocycles. The fourth-order valence-corrected chi connectivity index (χ4v) is 3.05. The molecule has 0 aromatic heterocycles. The van der Waals surface area contributed by atoms with E-state index >= 15 is 0 Å². The number of rotatable bonds is 0. The van der Waals surface area contributed by atoms with Crippen LogP contribution >= 0.6 is 0 Å². The maximum atomic E-state index is 10.6. The third kappa shape index (κ3) is 1.36. The van der Waals surface area contributed by atoms with Gasteiger partial charge in [0.1, 0.15) is 17.8 Å². The molecule has 2 heterocycles. The quantitative estimate of drug-likeness (QED) is 0.619. The van der Waals surface area contributed by atoms with E-state index in [4.69, 9.17) is 14.2 Å². The summed E-state index contributed by atoms with van der Waals surface area (Å²) in [4.78, 5) is 0. The normalized spacial score (nSPS) is 54.8. The van der Waals surface area contributed by atoms with Crippen molar-refractivity contribution in [2.75, 3.05) is 0 Å². The average Bonchev–Trinajstić information content (AvgIpc) is 2.60. The van der Waals surface area contributed by atoms with Gasteiger partial charge in [0.25, 0.3) is 0 Å². The highest BCUT2D eigenvalue weighted by atomic mass is 16.8. The van der Waals surface area contributed by atoms with Crippen molar-refractivity contribution < 1.29 is 24.4 Å². The number of aliphatic hydroxyl groups excluding tert-OH is 1. The molecule has 2 aliphatic heterocycles. The predicted molar refractivity (Wildman–Crippen MR) is 53.5 cm³/mol. The van der Waals surface area contributed by atoms with Crippen LogP contribution in [0.4, 0.5) is 0 Å². The van der Waals surface area contributed by atoms with E-state index in [0.29, 0.717) is 12.8 Å². The van der Waals surface area contributed by atoms with Crippen molar-refractivity contribution in [2.45, 2.75) is 69.1 Å². The van der Waals surface area contributed by atoms with E-state index in [1.165, 1.54) is 0 Å². The predicted octanol–water partition coefficient (Wildman–Crippen LogP) is 0.139. The SMILES string of the molecule is CC1(C)O[C@H]2O[C@@H]3[C@@H](O)CCC[C@]3(O)[C@H]2O1. The zero-order chi connectivity index (χ0) is 11.6. The van der Waals surface area contributed by atoms with Crippen molar-refractivity contribution in [1.29, 1.82) is 0 Å². The highest BCUT2D eigenvalue weighted by molar-refractivity contribution is 5.09. The van der Waals surface area contributed by atoms with Crippen molar-refractivity contribution in [3.05, 3.63) is 0 Å². The molecule has 0 amide bonds. The molecule has 16 heavy (non-hydrogen) atoms. The van der Waals surface area contributed by atoms with Gasteiger partial charge in [0.15, 0.2) is 12.1 Å². The van der Waals surface area contributed by atoms with Crippen LogP contribution in [0.15, 0.2) is 0 Å². The Hall–Kier alpha value is -0.200. The van der Waals surface area contributed by atoms with E-state index in [9.17, 15) is 10.2 Å². The first kappa shape index (κ1) is 10.9. The van der Waals surface area contributed by atoms with Crippen molar-refractivity contribution in [1.82, 2.24) is 0 Å². The zero-order valence-corrected chi connectivity index (χ0v) is 9.55. The van der Waals surface area contributed by atoms with Gasteiger partial charge in [-0.05, 0) is 33.1 Å². The second kappa shape index (κ2) is 3.17. The first-order chi connectivity index (χ1) is 7.42. The maximum Gasteiger partial charge on any atom is 0.190 e. The first-order valence-corrected chi connectivity index (χ1v) is 5.84. The summed E-state index contributed by atoms with van der Waals surface area (Å²) < 4.78 is 16.8. The third-order valence-electron chi connectivity index (χ3n) is 3.75. The molecule has 0 aromatic carbocycles. The Balaban J connectivity index is 1.89. The van der Waals surface area contributed by atoms with Crippen LogP contribution in [0.25, 0.3) is 0 Å². The summed E-state index contributed by atoms with van der Waals surface area (Å²) in [5.74, 6) is -0.724. The molecule has 3 fully saturated rings. The minimum Gasteiger partial charge on any atom is -0.390 e. The number of fused-ring (bicyclic) bond motifs is 3. The molecular weight excluding hydrogens is 212 g/mol. The van der Waals surface area contributed by atoms with Gasteiger partial charge >= 0.3 is 0 Å². The highest BCUT2D eigenvalue weighted by Crippen LogP contribution is 2.48. The molecule has 0 radical (unpaired) electrons. The Bertz CT molecular complexity index is 305. The van der Waals surface area contributed by atoms with Crippen molar-refractivity contribution >= 4 is 0 Å². The molecule has 5 heteroatoms. The van der Waals surface area contributed by atoms with Gasteiger partial charge in [-0.3, -0.25) is 0 Å². The number of aliphatic hydroxyl groups is 2. The fraction of sp³-hybridized carbons (Fsp3) is 1.00. The minimum atomic E-state index is -1.10. The number of ether oxygens (including phenoxy) is 3. The van der Waals surface area contributed by atoms with E-state index < -0.39 is 36.0 Å². The Labute approximate surface area is 94.3 Å². The van der Waals surface area contributed by atoms with Crippen LogP contribution in [-0.4, -0.2) is 46.2 Å². The van der Waals surface area contributed by atoms with Crippen LogP contribution in [-0.2, 0) is 14.2 Å². The van der Waals surface area contributed by atoms with E-state index in [0.717, 1.165) is 6.42 Å². The molecule has 92 valence electrons. The Morgan fingerprint density at radius 1 is 1.19 bits per heavy atom. The Kier molecular flexibility index (Phi) is 2.17. The van der Waals surface area contributed by atoms with Crippen LogP contribution in [0.5, 0.6) is 0 Å². The summed E-state index contributed by atoms with van der Waals surface area (Å²) in [6, 6.07) is 0. The Morgan fingerprint density at radius 3 is 2.69 bits per heavy atom. The summed E-state index contributed by atoms with van der Waals surface area (Å²) >= 11 is 0. The lowest BCUT2D eigenvalue weighted by Crippen LogP contribution is -2.55. The summed E-state index contributed by atoms with van der Waals surface area (Å²) in [7, 11) is 0. The highest BCUT2D eigenvalue weighted by Gasteiger charge is 2.65. The second-order valence-corrected chi connectivity index (χ2v) is 5.43. The smallest absolute Gasteiger partial charge is 0.190 e. The molecule has 1 saturated carbocycles. The van der Waals surface area contributed by atoms with Crippen LogP contribution < -0.4 is 0 Å². The summed E-state index contributed by atoms with van der Waals surface area (Å²) in [5.41, 5.74) is -1.10. The minimum absolute atomic E-state index is 0.484. The van der Waals surface area contributed by atoms with Crippen molar-refractivity contribution in [3.8, 4) is 0 Å². The van der Waals surface area contributed by atoms with Gasteiger partial charge in [-0.25, -0.2) is 0 Å². The molecule has 2 N–H and O–H groups in total. The molecule has 0 spiro atoms. The lowest BCUT2D eigenvalue weighted by atomic mass is 9.78. The van der Waals surface area contributed by atoms with E-state index in [1.807, 2.05) is 0 Å². The molecule has 5 atom stereocenters.